The molecular formula is C18H18FNO2. The van der Waals surface area contributed by atoms with E-state index in [1.165, 1.54) is 12.1 Å². The quantitative estimate of drug-likeness (QED) is 0.882. The van der Waals surface area contributed by atoms with Crippen LogP contribution < -0.4 is 0 Å². The first-order chi connectivity index (χ1) is 10.7. The van der Waals surface area contributed by atoms with Crippen LogP contribution in [0, 0.1) is 5.82 Å². The highest BCUT2D eigenvalue weighted by Gasteiger charge is 2.17. The predicted molar refractivity (Wildman–Crippen MR) is 84.8 cm³/mol. The van der Waals surface area contributed by atoms with Crippen molar-refractivity contribution >= 4 is 11.8 Å². The van der Waals surface area contributed by atoms with Crippen LogP contribution in [-0.2, 0) is 4.74 Å². The highest BCUT2D eigenvalue weighted by molar-refractivity contribution is 5.82. The molecular weight excluding hydrogens is 281 g/mol. The molecule has 2 aromatic rings. The average Bonchev–Trinajstić information content (AvgIpc) is 2.56. The van der Waals surface area contributed by atoms with Gasteiger partial charge < -0.3 is 14.7 Å². The lowest BCUT2D eigenvalue weighted by Crippen LogP contribution is -2.34. The monoisotopic (exact) mass is 299 g/mol. The van der Waals surface area contributed by atoms with Crippen LogP contribution in [0.2, 0.25) is 0 Å². The molecule has 4 heteroatoms. The van der Waals surface area contributed by atoms with Crippen molar-refractivity contribution in [2.45, 2.75) is 0 Å². The summed E-state index contributed by atoms with van der Waals surface area (Å²) < 4.78 is 18.5. The van der Waals surface area contributed by atoms with Crippen LogP contribution in [-0.4, -0.2) is 36.3 Å². The molecule has 1 fully saturated rings. The molecule has 114 valence electrons. The van der Waals surface area contributed by atoms with E-state index in [0.29, 0.717) is 13.2 Å². The van der Waals surface area contributed by atoms with Gasteiger partial charge in [0.25, 0.3) is 0 Å². The summed E-state index contributed by atoms with van der Waals surface area (Å²) >= 11 is 0. The van der Waals surface area contributed by atoms with E-state index in [0.717, 1.165) is 29.9 Å². The Bertz CT molecular complexity index is 661. The summed E-state index contributed by atoms with van der Waals surface area (Å²) in [4.78, 5) is 2.18. The fourth-order valence-corrected chi connectivity index (χ4v) is 2.55. The minimum absolute atomic E-state index is 0.238. The number of ether oxygens (including phenoxy) is 1. The van der Waals surface area contributed by atoms with Crippen molar-refractivity contribution in [1.29, 1.82) is 0 Å². The van der Waals surface area contributed by atoms with Gasteiger partial charge in [0.15, 0.2) is 0 Å². The van der Waals surface area contributed by atoms with Crippen LogP contribution in [0.25, 0.3) is 11.8 Å². The second-order valence-corrected chi connectivity index (χ2v) is 5.20. The Kier molecular flexibility index (Phi) is 4.39. The number of hydrogen-bond donors (Lipinski definition) is 1. The number of halogens is 1. The SMILES string of the molecule is Oc1ccccc1C(=Cc1ccc(F)cc1)N1CCOCC1. The van der Waals surface area contributed by atoms with Crippen LogP contribution in [0.15, 0.2) is 48.5 Å². The van der Waals surface area contributed by atoms with Crippen molar-refractivity contribution in [3.8, 4) is 5.75 Å². The maximum Gasteiger partial charge on any atom is 0.124 e. The lowest BCUT2D eigenvalue weighted by Gasteiger charge is -2.31. The second kappa shape index (κ2) is 6.62. The molecule has 1 aliphatic heterocycles. The van der Waals surface area contributed by atoms with E-state index in [1.807, 2.05) is 18.2 Å². The molecule has 2 aromatic carbocycles. The number of para-hydroxylation sites is 1. The first-order valence-corrected chi connectivity index (χ1v) is 7.32. The molecule has 3 rings (SSSR count). The first-order valence-electron chi connectivity index (χ1n) is 7.32. The minimum atomic E-state index is -0.257. The lowest BCUT2D eigenvalue weighted by molar-refractivity contribution is 0.0641. The number of phenols is 1. The van der Waals surface area contributed by atoms with E-state index in [2.05, 4.69) is 4.90 Å². The Labute approximate surface area is 129 Å². The Hall–Kier alpha value is -2.33. The van der Waals surface area contributed by atoms with Gasteiger partial charge in [0, 0.05) is 24.4 Å². The second-order valence-electron chi connectivity index (χ2n) is 5.20. The number of benzene rings is 2. The van der Waals surface area contributed by atoms with Crippen molar-refractivity contribution in [2.75, 3.05) is 26.3 Å². The Morgan fingerprint density at radius 2 is 1.73 bits per heavy atom. The van der Waals surface area contributed by atoms with Gasteiger partial charge in [0.05, 0.1) is 13.2 Å². The number of rotatable bonds is 3. The molecule has 0 spiro atoms. The van der Waals surface area contributed by atoms with Crippen LogP contribution >= 0.6 is 0 Å². The molecule has 0 unspecified atom stereocenters. The van der Waals surface area contributed by atoms with E-state index in [4.69, 9.17) is 4.74 Å². The maximum absolute atomic E-state index is 13.1. The molecule has 1 N–H and O–H groups in total. The van der Waals surface area contributed by atoms with E-state index in [-0.39, 0.29) is 11.6 Å². The maximum atomic E-state index is 13.1. The van der Waals surface area contributed by atoms with Gasteiger partial charge in [-0.2, -0.15) is 0 Å². The lowest BCUT2D eigenvalue weighted by atomic mass is 10.1. The summed E-state index contributed by atoms with van der Waals surface area (Å²) in [5.41, 5.74) is 2.59. The van der Waals surface area contributed by atoms with E-state index < -0.39 is 0 Å². The highest BCUT2D eigenvalue weighted by atomic mass is 19.1. The van der Waals surface area contributed by atoms with Gasteiger partial charge in [-0.15, -0.1) is 0 Å². The van der Waals surface area contributed by atoms with Crippen LogP contribution in [0.4, 0.5) is 4.39 Å². The third kappa shape index (κ3) is 3.28. The normalized spacial score (nSPS) is 15.9. The summed E-state index contributed by atoms with van der Waals surface area (Å²) in [6, 6.07) is 13.6. The van der Waals surface area contributed by atoms with Gasteiger partial charge in [-0.25, -0.2) is 4.39 Å². The van der Waals surface area contributed by atoms with Crippen molar-refractivity contribution in [3.63, 3.8) is 0 Å². The van der Waals surface area contributed by atoms with E-state index >= 15 is 0 Å². The summed E-state index contributed by atoms with van der Waals surface area (Å²) in [7, 11) is 0. The molecule has 1 aliphatic rings. The highest BCUT2D eigenvalue weighted by Crippen LogP contribution is 2.30. The van der Waals surface area contributed by atoms with E-state index in [9.17, 15) is 9.50 Å². The summed E-state index contributed by atoms with van der Waals surface area (Å²) in [5.74, 6) is -0.0185. The number of nitrogens with zero attached hydrogens (tertiary/aromatic N) is 1. The third-order valence-corrected chi connectivity index (χ3v) is 3.71. The average molecular weight is 299 g/mol. The van der Waals surface area contributed by atoms with Gasteiger partial charge in [-0.05, 0) is 35.9 Å². The molecule has 1 saturated heterocycles. The van der Waals surface area contributed by atoms with Crippen LogP contribution in [0.1, 0.15) is 11.1 Å². The Morgan fingerprint density at radius 3 is 2.41 bits per heavy atom. The number of phenolic OH excluding ortho intramolecular Hbond substituents is 1. The topological polar surface area (TPSA) is 32.7 Å². The summed E-state index contributed by atoms with van der Waals surface area (Å²) in [5, 5.41) is 10.2. The summed E-state index contributed by atoms with van der Waals surface area (Å²) in [6.45, 7) is 2.85. The molecule has 3 nitrogen and oxygen atoms in total. The Balaban J connectivity index is 2.02. The van der Waals surface area contributed by atoms with Crippen molar-refractivity contribution in [1.82, 2.24) is 4.90 Å². The molecule has 0 bridgehead atoms. The van der Waals surface area contributed by atoms with Crippen LogP contribution in [0.5, 0.6) is 5.75 Å². The van der Waals surface area contributed by atoms with Gasteiger partial charge in [-0.1, -0.05) is 24.3 Å². The molecule has 1 heterocycles. The van der Waals surface area contributed by atoms with Gasteiger partial charge in [0.1, 0.15) is 11.6 Å². The number of morpholine rings is 1. The Morgan fingerprint density at radius 1 is 1.05 bits per heavy atom. The predicted octanol–water partition coefficient (Wildman–Crippen LogP) is 3.36. The van der Waals surface area contributed by atoms with Gasteiger partial charge >= 0.3 is 0 Å². The third-order valence-electron chi connectivity index (χ3n) is 3.71. The fraction of sp³-hybridized carbons (Fsp3) is 0.222. The van der Waals surface area contributed by atoms with Crippen molar-refractivity contribution in [2.24, 2.45) is 0 Å². The number of hydrogen-bond acceptors (Lipinski definition) is 3. The number of aromatic hydroxyl groups is 1. The molecule has 0 amide bonds. The standard InChI is InChI=1S/C18H18FNO2/c19-15-7-5-14(6-8-15)13-17(20-9-11-22-12-10-20)16-3-1-2-4-18(16)21/h1-8,13,21H,9-12H2. The largest absolute Gasteiger partial charge is 0.507 e. The molecule has 0 saturated carbocycles. The zero-order chi connectivity index (χ0) is 15.4. The van der Waals surface area contributed by atoms with Crippen LogP contribution in [0.3, 0.4) is 0 Å². The molecule has 0 atom stereocenters. The van der Waals surface area contributed by atoms with Gasteiger partial charge in [0.2, 0.25) is 0 Å². The minimum Gasteiger partial charge on any atom is -0.507 e. The zero-order valence-electron chi connectivity index (χ0n) is 12.2. The van der Waals surface area contributed by atoms with Gasteiger partial charge in [-0.3, -0.25) is 0 Å². The van der Waals surface area contributed by atoms with Crippen molar-refractivity contribution in [3.05, 3.63) is 65.5 Å². The van der Waals surface area contributed by atoms with Crippen molar-refractivity contribution < 1.29 is 14.2 Å². The molecule has 0 radical (unpaired) electrons. The summed E-state index contributed by atoms with van der Waals surface area (Å²) in [6.07, 6.45) is 1.97. The molecule has 0 aromatic heterocycles. The molecule has 0 aliphatic carbocycles. The zero-order valence-corrected chi connectivity index (χ0v) is 12.2. The first kappa shape index (κ1) is 14.6. The fourth-order valence-electron chi connectivity index (χ4n) is 2.55. The smallest absolute Gasteiger partial charge is 0.124 e. The molecule has 22 heavy (non-hydrogen) atoms. The van der Waals surface area contributed by atoms with E-state index in [1.54, 1.807) is 24.3 Å².